The molecule has 20 heavy (non-hydrogen) atoms. The van der Waals surface area contributed by atoms with E-state index in [0.29, 0.717) is 12.0 Å². The van der Waals surface area contributed by atoms with Crippen LogP contribution in [0.25, 0.3) is 0 Å². The Hall–Kier alpha value is -1.53. The standard InChI is InChI=1S/C17H22O2Si/c1-17(2)8-6-14(18)16-13(17)10-12(11-15(16)19)7-9-20(3,4)5/h10-11,19H,6,8H2,1-5H3. The topological polar surface area (TPSA) is 37.3 Å². The molecule has 0 aliphatic heterocycles. The number of phenols is 1. The first kappa shape index (κ1) is 14.9. The maximum atomic E-state index is 12.0. The van der Waals surface area contributed by atoms with E-state index in [1.807, 2.05) is 6.07 Å². The van der Waals surface area contributed by atoms with Crippen LogP contribution < -0.4 is 0 Å². The van der Waals surface area contributed by atoms with Gasteiger partial charge in [0.05, 0.1) is 5.56 Å². The van der Waals surface area contributed by atoms with Crippen molar-refractivity contribution in [2.45, 2.75) is 51.7 Å². The Kier molecular flexibility index (Phi) is 3.56. The fourth-order valence-electron chi connectivity index (χ4n) is 2.47. The lowest BCUT2D eigenvalue weighted by molar-refractivity contribution is 0.0953. The third kappa shape index (κ3) is 2.96. The van der Waals surface area contributed by atoms with Crippen LogP contribution in [-0.4, -0.2) is 19.0 Å². The molecule has 0 amide bonds. The Bertz CT molecular complexity index is 625. The van der Waals surface area contributed by atoms with Gasteiger partial charge in [-0.25, -0.2) is 0 Å². The highest BCUT2D eigenvalue weighted by molar-refractivity contribution is 6.83. The largest absolute Gasteiger partial charge is 0.507 e. The fraction of sp³-hybridized carbons (Fsp3) is 0.471. The average Bonchev–Trinajstić information content (AvgIpc) is 2.30. The number of Topliss-reactive ketones (excluding diaryl/α,β-unsaturated/α-hetero) is 1. The number of carbonyl (C=O) groups excluding carboxylic acids is 1. The van der Waals surface area contributed by atoms with E-state index in [2.05, 4.69) is 45.0 Å². The van der Waals surface area contributed by atoms with Crippen molar-refractivity contribution in [3.8, 4) is 17.2 Å². The average molecular weight is 286 g/mol. The van der Waals surface area contributed by atoms with Gasteiger partial charge in [-0.1, -0.05) is 39.4 Å². The molecule has 106 valence electrons. The van der Waals surface area contributed by atoms with Crippen molar-refractivity contribution in [1.82, 2.24) is 0 Å². The van der Waals surface area contributed by atoms with Crippen molar-refractivity contribution in [3.63, 3.8) is 0 Å². The third-order valence-electron chi connectivity index (χ3n) is 3.68. The SMILES string of the molecule is CC1(C)CCC(=O)c2c(O)cc(C#C[Si](C)(C)C)cc21. The number of carbonyl (C=O) groups is 1. The second-order valence-electron chi connectivity index (χ2n) is 7.22. The Morgan fingerprint density at radius 1 is 1.25 bits per heavy atom. The molecule has 0 unspecified atom stereocenters. The van der Waals surface area contributed by atoms with Crippen LogP contribution in [0.1, 0.15) is 48.2 Å². The number of hydrogen-bond acceptors (Lipinski definition) is 2. The number of ketones is 1. The van der Waals surface area contributed by atoms with Gasteiger partial charge in [-0.2, -0.15) is 0 Å². The molecule has 3 heteroatoms. The van der Waals surface area contributed by atoms with Gasteiger partial charge in [-0.05, 0) is 29.5 Å². The van der Waals surface area contributed by atoms with E-state index in [4.69, 9.17) is 0 Å². The van der Waals surface area contributed by atoms with Crippen LogP contribution in [0.3, 0.4) is 0 Å². The van der Waals surface area contributed by atoms with E-state index in [0.717, 1.165) is 17.5 Å². The summed E-state index contributed by atoms with van der Waals surface area (Å²) in [5.41, 5.74) is 5.47. The molecule has 0 bridgehead atoms. The molecule has 0 saturated carbocycles. The van der Waals surface area contributed by atoms with Gasteiger partial charge in [0.15, 0.2) is 5.78 Å². The van der Waals surface area contributed by atoms with Crippen LogP contribution in [0.2, 0.25) is 19.6 Å². The molecule has 1 aromatic carbocycles. The highest BCUT2D eigenvalue weighted by Crippen LogP contribution is 2.40. The van der Waals surface area contributed by atoms with E-state index < -0.39 is 8.07 Å². The van der Waals surface area contributed by atoms with Crippen LogP contribution in [0, 0.1) is 11.5 Å². The van der Waals surface area contributed by atoms with E-state index in [1.54, 1.807) is 6.07 Å². The number of hydrogen-bond donors (Lipinski definition) is 1. The summed E-state index contributed by atoms with van der Waals surface area (Å²) < 4.78 is 0. The molecule has 1 N–H and O–H groups in total. The van der Waals surface area contributed by atoms with Gasteiger partial charge in [-0.3, -0.25) is 4.79 Å². The summed E-state index contributed by atoms with van der Waals surface area (Å²) in [7, 11) is -1.45. The maximum Gasteiger partial charge on any atom is 0.166 e. The zero-order chi connectivity index (χ0) is 15.1. The molecule has 0 saturated heterocycles. The van der Waals surface area contributed by atoms with E-state index in [-0.39, 0.29) is 16.9 Å². The third-order valence-corrected chi connectivity index (χ3v) is 4.56. The van der Waals surface area contributed by atoms with Crippen molar-refractivity contribution >= 4 is 13.9 Å². The molecule has 0 heterocycles. The molecular formula is C17H22O2Si. The van der Waals surface area contributed by atoms with Gasteiger partial charge < -0.3 is 5.11 Å². The summed E-state index contributed by atoms with van der Waals surface area (Å²) in [4.78, 5) is 12.0. The van der Waals surface area contributed by atoms with Crippen molar-refractivity contribution in [2.24, 2.45) is 0 Å². The molecule has 2 rings (SSSR count). The van der Waals surface area contributed by atoms with Gasteiger partial charge in [0.1, 0.15) is 13.8 Å². The lowest BCUT2D eigenvalue weighted by atomic mass is 9.71. The van der Waals surface area contributed by atoms with E-state index in [9.17, 15) is 9.90 Å². The number of fused-ring (bicyclic) bond motifs is 1. The first-order chi connectivity index (χ1) is 9.10. The smallest absolute Gasteiger partial charge is 0.166 e. The Labute approximate surface area is 122 Å². The quantitative estimate of drug-likeness (QED) is 0.580. The van der Waals surface area contributed by atoms with Crippen LogP contribution in [0.4, 0.5) is 0 Å². The van der Waals surface area contributed by atoms with Gasteiger partial charge >= 0.3 is 0 Å². The summed E-state index contributed by atoms with van der Waals surface area (Å²) in [5.74, 6) is 3.30. The molecule has 2 nitrogen and oxygen atoms in total. The molecule has 1 aromatic rings. The molecule has 0 aromatic heterocycles. The molecule has 0 fully saturated rings. The predicted molar refractivity (Wildman–Crippen MR) is 84.9 cm³/mol. The monoisotopic (exact) mass is 286 g/mol. The second kappa shape index (κ2) is 4.78. The summed E-state index contributed by atoms with van der Waals surface area (Å²) in [6.07, 6.45) is 1.33. The zero-order valence-electron chi connectivity index (χ0n) is 12.9. The molecule has 0 spiro atoms. The zero-order valence-corrected chi connectivity index (χ0v) is 13.9. The lowest BCUT2D eigenvalue weighted by Crippen LogP contribution is -2.27. The van der Waals surface area contributed by atoms with Crippen LogP contribution in [0.5, 0.6) is 5.75 Å². The van der Waals surface area contributed by atoms with Crippen molar-refractivity contribution < 1.29 is 9.90 Å². The minimum Gasteiger partial charge on any atom is -0.507 e. The summed E-state index contributed by atoms with van der Waals surface area (Å²) in [5, 5.41) is 10.2. The minimum absolute atomic E-state index is 0.0431. The van der Waals surface area contributed by atoms with Gasteiger partial charge in [0.2, 0.25) is 0 Å². The highest BCUT2D eigenvalue weighted by Gasteiger charge is 2.33. The molecule has 0 atom stereocenters. The number of phenolic OH excluding ortho intramolecular Hbond substituents is 1. The summed E-state index contributed by atoms with van der Waals surface area (Å²) in [6.45, 7) is 10.8. The van der Waals surface area contributed by atoms with Crippen molar-refractivity contribution in [1.29, 1.82) is 0 Å². The molecule has 1 aliphatic rings. The minimum atomic E-state index is -1.45. The first-order valence-corrected chi connectivity index (χ1v) is 10.5. The summed E-state index contributed by atoms with van der Waals surface area (Å²) >= 11 is 0. The van der Waals surface area contributed by atoms with Gasteiger partial charge in [0.25, 0.3) is 0 Å². The van der Waals surface area contributed by atoms with Crippen molar-refractivity contribution in [2.75, 3.05) is 0 Å². The first-order valence-electron chi connectivity index (χ1n) is 7.04. The van der Waals surface area contributed by atoms with Crippen LogP contribution in [0.15, 0.2) is 12.1 Å². The van der Waals surface area contributed by atoms with Gasteiger partial charge in [0, 0.05) is 12.0 Å². The molecular weight excluding hydrogens is 264 g/mol. The van der Waals surface area contributed by atoms with E-state index >= 15 is 0 Å². The second-order valence-corrected chi connectivity index (χ2v) is 12.0. The Morgan fingerprint density at radius 2 is 1.90 bits per heavy atom. The van der Waals surface area contributed by atoms with Crippen LogP contribution >= 0.6 is 0 Å². The van der Waals surface area contributed by atoms with Gasteiger partial charge in [-0.15, -0.1) is 5.54 Å². The van der Waals surface area contributed by atoms with Crippen molar-refractivity contribution in [3.05, 3.63) is 28.8 Å². The molecule has 1 aliphatic carbocycles. The highest BCUT2D eigenvalue weighted by atomic mass is 28.3. The number of aromatic hydroxyl groups is 1. The Balaban J connectivity index is 2.58. The fourth-order valence-corrected chi connectivity index (χ4v) is 2.99. The summed E-state index contributed by atoms with van der Waals surface area (Å²) in [6, 6.07) is 3.62. The lowest BCUT2D eigenvalue weighted by Gasteiger charge is -2.32. The normalized spacial score (nSPS) is 17.1. The number of benzene rings is 1. The molecule has 0 radical (unpaired) electrons. The van der Waals surface area contributed by atoms with Crippen LogP contribution in [-0.2, 0) is 5.41 Å². The maximum absolute atomic E-state index is 12.0. The predicted octanol–water partition coefficient (Wildman–Crippen LogP) is 3.88. The Morgan fingerprint density at radius 3 is 2.50 bits per heavy atom. The van der Waals surface area contributed by atoms with E-state index in [1.165, 1.54) is 0 Å². The number of rotatable bonds is 0.